The van der Waals surface area contributed by atoms with Gasteiger partial charge in [-0.2, -0.15) is 0 Å². The summed E-state index contributed by atoms with van der Waals surface area (Å²) in [5.41, 5.74) is 0. The molecule has 0 amide bonds. The molecule has 0 bridgehead atoms. The summed E-state index contributed by atoms with van der Waals surface area (Å²) in [7, 11) is 2.16. The monoisotopic (exact) mass is 183 g/mol. The van der Waals surface area contributed by atoms with E-state index >= 15 is 0 Å². The van der Waals surface area contributed by atoms with Gasteiger partial charge in [-0.1, -0.05) is 0 Å². The standard InChI is InChI=1S/C8H13N3S/c1-6-9-10-8(12-6)7-4-3-5-11(7)2/h7H,3-5H2,1-2H3/t7-/m1/s1. The lowest BCUT2D eigenvalue weighted by atomic mass is 10.2. The van der Waals surface area contributed by atoms with Gasteiger partial charge in [-0.25, -0.2) is 0 Å². The molecule has 3 nitrogen and oxygen atoms in total. The van der Waals surface area contributed by atoms with Crippen molar-refractivity contribution in [1.29, 1.82) is 0 Å². The van der Waals surface area contributed by atoms with Crippen LogP contribution in [0.1, 0.15) is 28.9 Å². The molecule has 1 aliphatic heterocycles. The number of aromatic nitrogens is 2. The SMILES string of the molecule is Cc1nnc([C@H]2CCCN2C)s1. The Morgan fingerprint density at radius 3 is 2.83 bits per heavy atom. The molecule has 1 aromatic rings. The van der Waals surface area contributed by atoms with Gasteiger partial charge in [-0.05, 0) is 33.4 Å². The van der Waals surface area contributed by atoms with Crippen molar-refractivity contribution >= 4 is 11.3 Å². The van der Waals surface area contributed by atoms with Gasteiger partial charge >= 0.3 is 0 Å². The van der Waals surface area contributed by atoms with Crippen molar-refractivity contribution in [3.63, 3.8) is 0 Å². The Hall–Kier alpha value is -0.480. The molecule has 0 N–H and O–H groups in total. The summed E-state index contributed by atoms with van der Waals surface area (Å²) in [6.45, 7) is 3.21. The summed E-state index contributed by atoms with van der Waals surface area (Å²) in [4.78, 5) is 2.36. The van der Waals surface area contributed by atoms with E-state index in [9.17, 15) is 0 Å². The minimum atomic E-state index is 0.538. The van der Waals surface area contributed by atoms with Gasteiger partial charge in [0.05, 0.1) is 6.04 Å². The average molecular weight is 183 g/mol. The Morgan fingerprint density at radius 1 is 1.50 bits per heavy atom. The van der Waals surface area contributed by atoms with Crippen LogP contribution in [0.25, 0.3) is 0 Å². The van der Waals surface area contributed by atoms with E-state index in [-0.39, 0.29) is 0 Å². The van der Waals surface area contributed by atoms with Crippen LogP contribution in [-0.2, 0) is 0 Å². The Bertz CT molecular complexity index is 271. The number of nitrogens with zero attached hydrogens (tertiary/aromatic N) is 3. The third-order valence-corrected chi connectivity index (χ3v) is 3.29. The highest BCUT2D eigenvalue weighted by Crippen LogP contribution is 2.31. The van der Waals surface area contributed by atoms with Gasteiger partial charge in [0.25, 0.3) is 0 Å². The maximum Gasteiger partial charge on any atom is 0.134 e. The Labute approximate surface area is 76.4 Å². The molecule has 1 atom stereocenters. The molecule has 0 aliphatic carbocycles. The summed E-state index contributed by atoms with van der Waals surface area (Å²) in [6, 6.07) is 0.538. The van der Waals surface area contributed by atoms with Crippen molar-refractivity contribution in [2.24, 2.45) is 0 Å². The van der Waals surface area contributed by atoms with E-state index in [1.807, 2.05) is 6.92 Å². The molecule has 2 rings (SSSR count). The molecular formula is C8H13N3S. The van der Waals surface area contributed by atoms with Crippen molar-refractivity contribution in [1.82, 2.24) is 15.1 Å². The van der Waals surface area contributed by atoms with Crippen molar-refractivity contribution in [3.8, 4) is 0 Å². The molecule has 0 unspecified atom stereocenters. The first-order valence-corrected chi connectivity index (χ1v) is 5.09. The van der Waals surface area contributed by atoms with Crippen LogP contribution in [0.15, 0.2) is 0 Å². The van der Waals surface area contributed by atoms with Crippen LogP contribution >= 0.6 is 11.3 Å². The topological polar surface area (TPSA) is 29.0 Å². The van der Waals surface area contributed by atoms with Crippen LogP contribution in [-0.4, -0.2) is 28.7 Å². The van der Waals surface area contributed by atoms with E-state index < -0.39 is 0 Å². The molecule has 0 radical (unpaired) electrons. The summed E-state index contributed by atoms with van der Waals surface area (Å²) in [5.74, 6) is 0. The first-order valence-electron chi connectivity index (χ1n) is 4.27. The number of hydrogen-bond acceptors (Lipinski definition) is 4. The molecular weight excluding hydrogens is 170 g/mol. The minimum absolute atomic E-state index is 0.538. The summed E-state index contributed by atoms with van der Waals surface area (Å²) >= 11 is 1.72. The van der Waals surface area contributed by atoms with E-state index in [2.05, 4.69) is 22.1 Å². The Balaban J connectivity index is 2.19. The predicted molar refractivity (Wildman–Crippen MR) is 49.3 cm³/mol. The summed E-state index contributed by atoms with van der Waals surface area (Å²) in [6.07, 6.45) is 2.53. The van der Waals surface area contributed by atoms with Gasteiger partial charge in [0.15, 0.2) is 0 Å². The van der Waals surface area contributed by atoms with Gasteiger partial charge in [-0.15, -0.1) is 21.5 Å². The highest BCUT2D eigenvalue weighted by molar-refractivity contribution is 7.11. The number of likely N-dealkylation sites (tertiary alicyclic amines) is 1. The summed E-state index contributed by atoms with van der Waals surface area (Å²) < 4.78 is 0. The third-order valence-electron chi connectivity index (χ3n) is 2.35. The number of aryl methyl sites for hydroxylation is 1. The second-order valence-corrected chi connectivity index (χ2v) is 4.51. The van der Waals surface area contributed by atoms with Gasteiger partial charge in [0, 0.05) is 0 Å². The highest BCUT2D eigenvalue weighted by atomic mass is 32.1. The molecule has 1 aliphatic rings. The molecule has 2 heterocycles. The fraction of sp³-hybridized carbons (Fsp3) is 0.750. The minimum Gasteiger partial charge on any atom is -0.297 e. The fourth-order valence-electron chi connectivity index (χ4n) is 1.67. The van der Waals surface area contributed by atoms with E-state index in [1.54, 1.807) is 11.3 Å². The lowest BCUT2D eigenvalue weighted by Crippen LogP contribution is -2.17. The second kappa shape index (κ2) is 3.11. The van der Waals surface area contributed by atoms with Gasteiger partial charge < -0.3 is 0 Å². The van der Waals surface area contributed by atoms with Crippen molar-refractivity contribution in [2.75, 3.05) is 13.6 Å². The predicted octanol–water partition coefficient (Wildman–Crippen LogP) is 1.61. The van der Waals surface area contributed by atoms with Crippen molar-refractivity contribution in [3.05, 3.63) is 10.0 Å². The fourth-order valence-corrected chi connectivity index (χ4v) is 2.57. The van der Waals surface area contributed by atoms with Crippen LogP contribution < -0.4 is 0 Å². The summed E-state index contributed by atoms with van der Waals surface area (Å²) in [5, 5.41) is 10.5. The number of rotatable bonds is 1. The third kappa shape index (κ3) is 1.36. The zero-order valence-corrected chi connectivity index (χ0v) is 8.27. The first kappa shape index (κ1) is 8.13. The maximum absolute atomic E-state index is 4.18. The molecule has 66 valence electrons. The smallest absolute Gasteiger partial charge is 0.134 e. The molecule has 0 aromatic carbocycles. The molecule has 1 saturated heterocycles. The van der Waals surface area contributed by atoms with Crippen LogP contribution in [0.2, 0.25) is 0 Å². The van der Waals surface area contributed by atoms with E-state index in [1.165, 1.54) is 24.4 Å². The maximum atomic E-state index is 4.18. The average Bonchev–Trinajstić information content (AvgIpc) is 2.58. The molecule has 0 saturated carbocycles. The molecule has 0 spiro atoms. The normalized spacial score (nSPS) is 25.0. The lowest BCUT2D eigenvalue weighted by molar-refractivity contribution is 0.315. The van der Waals surface area contributed by atoms with E-state index in [0.29, 0.717) is 6.04 Å². The molecule has 1 fully saturated rings. The van der Waals surface area contributed by atoms with Gasteiger partial charge in [-0.3, -0.25) is 4.90 Å². The molecule has 1 aromatic heterocycles. The Kier molecular flexibility index (Phi) is 2.11. The van der Waals surface area contributed by atoms with Crippen molar-refractivity contribution < 1.29 is 0 Å². The number of hydrogen-bond donors (Lipinski definition) is 0. The quantitative estimate of drug-likeness (QED) is 0.662. The largest absolute Gasteiger partial charge is 0.297 e. The Morgan fingerprint density at radius 2 is 2.33 bits per heavy atom. The van der Waals surface area contributed by atoms with Crippen LogP contribution in [0.3, 0.4) is 0 Å². The van der Waals surface area contributed by atoms with E-state index in [4.69, 9.17) is 0 Å². The van der Waals surface area contributed by atoms with Gasteiger partial charge in [0.2, 0.25) is 0 Å². The van der Waals surface area contributed by atoms with Gasteiger partial charge in [0.1, 0.15) is 10.0 Å². The van der Waals surface area contributed by atoms with Crippen LogP contribution in [0.5, 0.6) is 0 Å². The molecule has 4 heteroatoms. The van der Waals surface area contributed by atoms with Crippen LogP contribution in [0, 0.1) is 6.92 Å². The zero-order chi connectivity index (χ0) is 8.55. The second-order valence-electron chi connectivity index (χ2n) is 3.30. The highest BCUT2D eigenvalue weighted by Gasteiger charge is 2.25. The van der Waals surface area contributed by atoms with Crippen molar-refractivity contribution in [2.45, 2.75) is 25.8 Å². The first-order chi connectivity index (χ1) is 5.77. The lowest BCUT2D eigenvalue weighted by Gasteiger charge is -2.15. The van der Waals surface area contributed by atoms with Crippen LogP contribution in [0.4, 0.5) is 0 Å². The van der Waals surface area contributed by atoms with E-state index in [0.717, 1.165) is 5.01 Å². The molecule has 12 heavy (non-hydrogen) atoms. The zero-order valence-electron chi connectivity index (χ0n) is 7.45.